The van der Waals surface area contributed by atoms with Gasteiger partial charge >= 0.3 is 0 Å². The average Bonchev–Trinajstić information content (AvgIpc) is 3.90. The van der Waals surface area contributed by atoms with Crippen molar-refractivity contribution in [3.63, 3.8) is 0 Å². The van der Waals surface area contributed by atoms with Crippen molar-refractivity contribution in [3.8, 4) is 22.3 Å². The summed E-state index contributed by atoms with van der Waals surface area (Å²) in [5, 5.41) is 5.81. The van der Waals surface area contributed by atoms with Crippen LogP contribution in [0.4, 0.5) is 0 Å². The van der Waals surface area contributed by atoms with Gasteiger partial charge in [0.1, 0.15) is 19.0 Å². The average molecular weight is 1240 g/mol. The van der Waals surface area contributed by atoms with Gasteiger partial charge in [0.05, 0.1) is 0 Å². The van der Waals surface area contributed by atoms with Crippen molar-refractivity contribution < 1.29 is 76.5 Å². The second-order valence-corrected chi connectivity index (χ2v) is 17.5. The van der Waals surface area contributed by atoms with Crippen LogP contribution in [0.15, 0.2) is 206 Å². The first-order valence-electron chi connectivity index (χ1n) is 21.0. The molecule has 0 unspecified atom stereocenters. The topological polar surface area (TPSA) is 47.6 Å². The largest absolute Gasteiger partial charge is 1.00 e. The third kappa shape index (κ3) is 19.9. The molecule has 0 saturated heterocycles. The molecule has 0 saturated carbocycles. The summed E-state index contributed by atoms with van der Waals surface area (Å²) in [4.78, 5) is 0. The molecule has 0 aromatic heterocycles. The number of fused-ring (bicyclic) bond motifs is 6. The van der Waals surface area contributed by atoms with E-state index in [1.165, 1.54) is 65.3 Å². The molecule has 2 N–H and O–H groups in total. The first-order valence-corrected chi connectivity index (χ1v) is 23.3. The fraction of sp³-hybridized carbons (Fsp3) is 0.143. The van der Waals surface area contributed by atoms with Gasteiger partial charge in [-0.3, -0.25) is 0 Å². The Morgan fingerprint density at radius 1 is 0.375 bits per heavy atom. The van der Waals surface area contributed by atoms with E-state index in [0.29, 0.717) is 13.1 Å². The fourth-order valence-corrected chi connectivity index (χ4v) is 9.01. The van der Waals surface area contributed by atoms with Crippen LogP contribution in [-0.2, 0) is 64.5 Å². The van der Waals surface area contributed by atoms with Crippen molar-refractivity contribution in [2.45, 2.75) is 39.5 Å². The maximum atomic E-state index is 6.45. The van der Waals surface area contributed by atoms with E-state index >= 15 is 0 Å². The van der Waals surface area contributed by atoms with Crippen molar-refractivity contribution in [2.24, 2.45) is 0 Å². The normalized spacial score (nSPS) is 9.94. The summed E-state index contributed by atoms with van der Waals surface area (Å²) in [6.07, 6.45) is 4.07. The minimum atomic E-state index is 0. The molecule has 0 heterocycles. The van der Waals surface area contributed by atoms with Crippen LogP contribution in [0.3, 0.4) is 0 Å². The standard InChI is InChI=1S/2C13H9.2C12H11Si.2C3H8N.2ClH.2Hf/c2*1-3-7-12-10(5-1)9-11-6-2-4-8-13(11)12;2*1-3-7-11(8-4-1)13-12-9-5-2-6-10-12;2*1-2-3-4;;;;/h2*1-5,7-8H,9H2;2*1-10,13H;2*4H,2-3H2,1H3;2*1H;;/q2*-1;;;2*-1;;;;/p-2. The summed E-state index contributed by atoms with van der Waals surface area (Å²) < 4.78 is 0. The van der Waals surface area contributed by atoms with Gasteiger partial charge in [-0.2, -0.15) is 72.7 Å². The molecule has 2 aliphatic rings. The molecule has 64 heavy (non-hydrogen) atoms. The van der Waals surface area contributed by atoms with Crippen LogP contribution in [-0.4, -0.2) is 32.1 Å². The molecule has 0 aliphatic heterocycles. The maximum Gasteiger partial charge on any atom is 0.103 e. The fourth-order valence-electron chi connectivity index (χ4n) is 6.58. The second-order valence-electron chi connectivity index (χ2n) is 14.2. The van der Waals surface area contributed by atoms with E-state index < -0.39 is 0 Å². The molecule has 0 atom stereocenters. The zero-order valence-electron chi connectivity index (χ0n) is 36.8. The zero-order chi connectivity index (χ0) is 42.0. The van der Waals surface area contributed by atoms with Crippen LogP contribution in [0.1, 0.15) is 48.9 Å². The number of benzene rings is 8. The molecular formula is C56H56Cl2Hf2N2Si2-6. The first kappa shape index (κ1) is 58.5. The summed E-state index contributed by atoms with van der Waals surface area (Å²) >= 11 is 0. The minimum absolute atomic E-state index is 0. The van der Waals surface area contributed by atoms with Gasteiger partial charge in [0, 0.05) is 51.7 Å². The number of halogens is 2. The SMILES string of the molecule is CCC[NH-].CCC[NH-].[Cl-].[Cl-].[Hf].[Hf].[c-]1cccc2c1Cc1ccccc1-2.[c-]1cccc2c1Cc1ccccc1-2.c1ccc([SiH]c2ccccc2)cc1.c1ccc([SiH]c2ccccc2)cc1. The number of hydrogen-bond donors (Lipinski definition) is 0. The van der Waals surface area contributed by atoms with Crippen LogP contribution in [0.2, 0.25) is 0 Å². The van der Waals surface area contributed by atoms with Gasteiger partial charge in [0.2, 0.25) is 0 Å². The van der Waals surface area contributed by atoms with Crippen LogP contribution in [0.25, 0.3) is 33.7 Å². The van der Waals surface area contributed by atoms with Crippen molar-refractivity contribution in [1.82, 2.24) is 0 Å². The van der Waals surface area contributed by atoms with E-state index in [1.54, 1.807) is 0 Å². The molecule has 0 bridgehead atoms. The molecule has 8 heteroatoms. The third-order valence-electron chi connectivity index (χ3n) is 9.60. The van der Waals surface area contributed by atoms with Crippen LogP contribution in [0.5, 0.6) is 0 Å². The molecule has 0 amide bonds. The summed E-state index contributed by atoms with van der Waals surface area (Å²) in [7, 11) is 0.543. The Morgan fingerprint density at radius 2 is 0.625 bits per heavy atom. The Hall–Kier alpha value is -3.57. The summed E-state index contributed by atoms with van der Waals surface area (Å²) in [5.41, 5.74) is 23.9. The Morgan fingerprint density at radius 3 is 0.906 bits per heavy atom. The summed E-state index contributed by atoms with van der Waals surface area (Å²) in [5.74, 6) is 0. The Bertz CT molecular complexity index is 2060. The predicted molar refractivity (Wildman–Crippen MR) is 265 cm³/mol. The van der Waals surface area contributed by atoms with E-state index in [2.05, 4.69) is 206 Å². The molecule has 8 aromatic rings. The summed E-state index contributed by atoms with van der Waals surface area (Å²) in [6.45, 7) is 5.12. The maximum absolute atomic E-state index is 6.45. The Balaban J connectivity index is 0.000000396. The number of rotatable bonds is 6. The van der Waals surface area contributed by atoms with Crippen molar-refractivity contribution in [2.75, 3.05) is 13.1 Å². The van der Waals surface area contributed by atoms with E-state index in [1.807, 2.05) is 26.0 Å². The van der Waals surface area contributed by atoms with Gasteiger partial charge in [-0.15, -0.1) is 11.1 Å². The van der Waals surface area contributed by atoms with Gasteiger partial charge in [-0.25, -0.2) is 0 Å². The predicted octanol–water partition coefficient (Wildman–Crippen LogP) is 5.16. The van der Waals surface area contributed by atoms with E-state index in [9.17, 15) is 0 Å². The van der Waals surface area contributed by atoms with Crippen molar-refractivity contribution in [3.05, 3.63) is 252 Å². The Labute approximate surface area is 439 Å². The molecular weight excluding hydrogens is 1180 g/mol. The summed E-state index contributed by atoms with van der Waals surface area (Å²) in [6, 6.07) is 78.9. The number of nitrogens with one attached hydrogen (secondary N) is 2. The molecule has 8 aromatic carbocycles. The minimum Gasteiger partial charge on any atom is -1.00 e. The van der Waals surface area contributed by atoms with Gasteiger partial charge in [0.15, 0.2) is 0 Å². The van der Waals surface area contributed by atoms with Crippen LogP contribution in [0, 0.1) is 12.1 Å². The molecule has 0 spiro atoms. The monoisotopic (exact) mass is 1240 g/mol. The van der Waals surface area contributed by atoms with Gasteiger partial charge in [0.25, 0.3) is 0 Å². The van der Waals surface area contributed by atoms with Crippen molar-refractivity contribution in [1.29, 1.82) is 0 Å². The van der Waals surface area contributed by atoms with Crippen molar-refractivity contribution >= 4 is 39.8 Å². The zero-order valence-corrected chi connectivity index (χ0v) is 47.8. The molecule has 10 rings (SSSR count). The molecule has 2 radical (unpaired) electrons. The molecule has 326 valence electrons. The van der Waals surface area contributed by atoms with Gasteiger partial charge in [-0.1, -0.05) is 240 Å². The van der Waals surface area contributed by atoms with E-state index in [-0.39, 0.29) is 95.5 Å². The molecule has 0 fully saturated rings. The van der Waals surface area contributed by atoms with E-state index in [4.69, 9.17) is 11.5 Å². The third-order valence-corrected chi connectivity index (χ3v) is 12.5. The van der Waals surface area contributed by atoms with Crippen LogP contribution < -0.4 is 45.6 Å². The van der Waals surface area contributed by atoms with E-state index in [0.717, 1.165) is 25.7 Å². The first-order chi connectivity index (χ1) is 29.6. The number of hydrogen-bond acceptors (Lipinski definition) is 0. The van der Waals surface area contributed by atoms with Crippen LogP contribution >= 0.6 is 0 Å². The molecule has 2 aliphatic carbocycles. The Kier molecular flexibility index (Phi) is 31.7. The van der Waals surface area contributed by atoms with Gasteiger partial charge in [-0.05, 0) is 12.8 Å². The quantitative estimate of drug-likeness (QED) is 0.163. The smallest absolute Gasteiger partial charge is 0.103 e. The second kappa shape index (κ2) is 34.7. The molecule has 2 nitrogen and oxygen atoms in total. The van der Waals surface area contributed by atoms with Gasteiger partial charge < -0.3 is 36.3 Å².